The molecular formula is C24H26FN3O5S. The molecule has 1 saturated carbocycles. The average Bonchev–Trinajstić information content (AvgIpc) is 3.36. The Morgan fingerprint density at radius 1 is 1.21 bits per heavy atom. The average molecular weight is 488 g/mol. The van der Waals surface area contributed by atoms with Gasteiger partial charge in [0.15, 0.2) is 0 Å². The number of amides is 2. The Labute approximate surface area is 197 Å². The van der Waals surface area contributed by atoms with E-state index in [0.29, 0.717) is 17.7 Å². The Kier molecular flexibility index (Phi) is 5.60. The monoisotopic (exact) mass is 487 g/mol. The van der Waals surface area contributed by atoms with E-state index in [4.69, 9.17) is 4.74 Å². The van der Waals surface area contributed by atoms with E-state index in [0.717, 1.165) is 24.7 Å². The molecule has 2 unspecified atom stereocenters. The lowest BCUT2D eigenvalue weighted by atomic mass is 9.91. The molecule has 0 aromatic heterocycles. The summed E-state index contributed by atoms with van der Waals surface area (Å²) >= 11 is 0. The number of rotatable bonds is 6. The topological polar surface area (TPSA) is 105 Å². The van der Waals surface area contributed by atoms with Crippen molar-refractivity contribution in [1.29, 1.82) is 0 Å². The maximum Gasteiger partial charge on any atom is 0.407 e. The molecule has 180 valence electrons. The molecule has 8 nitrogen and oxygen atoms in total. The standard InChI is InChI=1S/C24H26FN3O5S/c1-34(31,32)27-21-19(12-16-8-5-9-17(20(16)25)15-6-3-2-4-7-15)28(14-24(21)10-11-24)22(29)18-13-33-23(30)26-18/h2-9,18-19,21,27H,10-14H2,1H3,(H,26,30)/t18-,19?,21?/m1/s1. The summed E-state index contributed by atoms with van der Waals surface area (Å²) < 4.78 is 47.7. The van der Waals surface area contributed by atoms with Gasteiger partial charge in [-0.3, -0.25) is 4.79 Å². The van der Waals surface area contributed by atoms with Gasteiger partial charge in [0.2, 0.25) is 15.9 Å². The van der Waals surface area contributed by atoms with Crippen LogP contribution in [0.5, 0.6) is 0 Å². The zero-order valence-corrected chi connectivity index (χ0v) is 19.5. The van der Waals surface area contributed by atoms with Crippen molar-refractivity contribution in [3.05, 3.63) is 59.9 Å². The van der Waals surface area contributed by atoms with Crippen LogP contribution in [-0.2, 0) is 26.0 Å². The third-order valence-corrected chi connectivity index (χ3v) is 7.69. The van der Waals surface area contributed by atoms with Gasteiger partial charge in [-0.2, -0.15) is 0 Å². The van der Waals surface area contributed by atoms with E-state index in [1.54, 1.807) is 23.1 Å². The highest BCUT2D eigenvalue weighted by molar-refractivity contribution is 7.88. The van der Waals surface area contributed by atoms with Crippen molar-refractivity contribution < 1.29 is 27.1 Å². The number of hydrogen-bond donors (Lipinski definition) is 2. The van der Waals surface area contributed by atoms with Gasteiger partial charge in [0.1, 0.15) is 18.5 Å². The highest BCUT2D eigenvalue weighted by Crippen LogP contribution is 2.55. The normalized spacial score (nSPS) is 25.3. The Hall–Kier alpha value is -2.98. The summed E-state index contributed by atoms with van der Waals surface area (Å²) in [7, 11) is -3.58. The van der Waals surface area contributed by atoms with Crippen LogP contribution in [0.2, 0.25) is 0 Å². The molecule has 0 radical (unpaired) electrons. The number of sulfonamides is 1. The molecule has 2 amide bonds. The van der Waals surface area contributed by atoms with Gasteiger partial charge in [0, 0.05) is 23.6 Å². The van der Waals surface area contributed by atoms with Crippen molar-refractivity contribution in [2.45, 2.75) is 37.4 Å². The van der Waals surface area contributed by atoms with E-state index in [2.05, 4.69) is 10.0 Å². The Morgan fingerprint density at radius 2 is 1.94 bits per heavy atom. The molecule has 2 saturated heterocycles. The van der Waals surface area contributed by atoms with Crippen molar-refractivity contribution in [1.82, 2.24) is 14.9 Å². The molecule has 2 aromatic rings. The number of alkyl carbamates (subject to hydrolysis) is 1. The molecule has 10 heteroatoms. The minimum atomic E-state index is -3.58. The second-order valence-corrected chi connectivity index (χ2v) is 11.2. The van der Waals surface area contributed by atoms with Crippen LogP contribution < -0.4 is 10.0 Å². The van der Waals surface area contributed by atoms with Crippen LogP contribution in [0.3, 0.4) is 0 Å². The number of carbonyl (C=O) groups excluding carboxylic acids is 2. The molecule has 3 fully saturated rings. The van der Waals surface area contributed by atoms with Crippen molar-refractivity contribution in [3.63, 3.8) is 0 Å². The summed E-state index contributed by atoms with van der Waals surface area (Å²) in [4.78, 5) is 26.5. The molecule has 2 heterocycles. The summed E-state index contributed by atoms with van der Waals surface area (Å²) in [5, 5.41) is 2.50. The molecule has 2 aliphatic heterocycles. The number of hydrogen-bond acceptors (Lipinski definition) is 5. The number of carbonyl (C=O) groups is 2. The van der Waals surface area contributed by atoms with Crippen LogP contribution in [0.15, 0.2) is 48.5 Å². The van der Waals surface area contributed by atoms with Crippen molar-refractivity contribution >= 4 is 22.0 Å². The first-order valence-corrected chi connectivity index (χ1v) is 13.1. The minimum absolute atomic E-state index is 0.0874. The molecule has 1 aliphatic carbocycles. The molecular weight excluding hydrogens is 461 g/mol. The number of ether oxygens (including phenoxy) is 1. The van der Waals surface area contributed by atoms with Gasteiger partial charge in [0.05, 0.1) is 12.3 Å². The van der Waals surface area contributed by atoms with Gasteiger partial charge >= 0.3 is 6.09 Å². The van der Waals surface area contributed by atoms with Gasteiger partial charge in [0.25, 0.3) is 0 Å². The van der Waals surface area contributed by atoms with Gasteiger partial charge in [-0.15, -0.1) is 0 Å². The first-order valence-electron chi connectivity index (χ1n) is 11.2. The minimum Gasteiger partial charge on any atom is -0.447 e. The molecule has 1 spiro atoms. The maximum absolute atomic E-state index is 15.6. The number of cyclic esters (lactones) is 1. The third kappa shape index (κ3) is 4.27. The quantitative estimate of drug-likeness (QED) is 0.649. The van der Waals surface area contributed by atoms with E-state index < -0.39 is 40.1 Å². The highest BCUT2D eigenvalue weighted by atomic mass is 32.2. The molecule has 3 atom stereocenters. The summed E-state index contributed by atoms with van der Waals surface area (Å²) in [5.41, 5.74) is 1.19. The van der Waals surface area contributed by atoms with Crippen molar-refractivity contribution in [2.75, 3.05) is 19.4 Å². The molecule has 2 N–H and O–H groups in total. The number of nitrogens with zero attached hydrogens (tertiary/aromatic N) is 1. The SMILES string of the molecule is CS(=O)(=O)NC1C(Cc2cccc(-c3ccccc3)c2F)N(C(=O)[C@H]2COC(=O)N2)CC12CC2. The van der Waals surface area contributed by atoms with Crippen molar-refractivity contribution in [2.24, 2.45) is 5.41 Å². The number of benzene rings is 2. The predicted octanol–water partition coefficient (Wildman–Crippen LogP) is 2.05. The van der Waals surface area contributed by atoms with Gasteiger partial charge < -0.3 is 15.0 Å². The van der Waals surface area contributed by atoms with Gasteiger partial charge in [-0.05, 0) is 30.4 Å². The zero-order chi connectivity index (χ0) is 24.1. The molecule has 3 aliphatic rings. The zero-order valence-electron chi connectivity index (χ0n) is 18.7. The Morgan fingerprint density at radius 3 is 2.56 bits per heavy atom. The molecule has 34 heavy (non-hydrogen) atoms. The predicted molar refractivity (Wildman–Crippen MR) is 123 cm³/mol. The van der Waals surface area contributed by atoms with Crippen LogP contribution in [-0.4, -0.2) is 62.9 Å². The van der Waals surface area contributed by atoms with Crippen LogP contribution in [0, 0.1) is 11.2 Å². The second-order valence-electron chi connectivity index (χ2n) is 9.41. The first kappa shape index (κ1) is 22.8. The van der Waals surface area contributed by atoms with Gasteiger partial charge in [-0.1, -0.05) is 48.5 Å². The summed E-state index contributed by atoms with van der Waals surface area (Å²) in [6, 6.07) is 12.3. The summed E-state index contributed by atoms with van der Waals surface area (Å²) in [6.45, 7) is 0.256. The summed E-state index contributed by atoms with van der Waals surface area (Å²) in [5.74, 6) is -0.743. The lowest BCUT2D eigenvalue weighted by molar-refractivity contribution is -0.134. The van der Waals surface area contributed by atoms with Gasteiger partial charge in [-0.25, -0.2) is 22.3 Å². The van der Waals surface area contributed by atoms with E-state index in [-0.39, 0.29) is 24.3 Å². The largest absolute Gasteiger partial charge is 0.447 e. The first-order chi connectivity index (χ1) is 16.2. The van der Waals surface area contributed by atoms with Crippen LogP contribution in [0.1, 0.15) is 18.4 Å². The smallest absolute Gasteiger partial charge is 0.407 e. The van der Waals surface area contributed by atoms with Crippen LogP contribution in [0.25, 0.3) is 11.1 Å². The highest BCUT2D eigenvalue weighted by Gasteiger charge is 2.61. The third-order valence-electron chi connectivity index (χ3n) is 7.01. The fraction of sp³-hybridized carbons (Fsp3) is 0.417. The second kappa shape index (κ2) is 8.35. The molecule has 2 aromatic carbocycles. The van der Waals surface area contributed by atoms with E-state index in [1.165, 1.54) is 0 Å². The van der Waals surface area contributed by atoms with Crippen molar-refractivity contribution in [3.8, 4) is 11.1 Å². The molecule has 0 bridgehead atoms. The number of halogens is 1. The summed E-state index contributed by atoms with van der Waals surface area (Å²) in [6.07, 6.45) is 2.09. The van der Waals surface area contributed by atoms with E-state index >= 15 is 4.39 Å². The molecule has 5 rings (SSSR count). The fourth-order valence-electron chi connectivity index (χ4n) is 5.20. The number of nitrogens with one attached hydrogen (secondary N) is 2. The number of likely N-dealkylation sites (tertiary alicyclic amines) is 1. The van der Waals surface area contributed by atoms with Crippen LogP contribution >= 0.6 is 0 Å². The lowest BCUT2D eigenvalue weighted by Crippen LogP contribution is -2.53. The van der Waals surface area contributed by atoms with E-state index in [9.17, 15) is 18.0 Å². The van der Waals surface area contributed by atoms with E-state index in [1.807, 2.05) is 30.3 Å². The fourth-order valence-corrected chi connectivity index (χ4v) is 6.07. The van der Waals surface area contributed by atoms with Crippen LogP contribution in [0.4, 0.5) is 9.18 Å². The Balaban J connectivity index is 1.50. The maximum atomic E-state index is 15.6. The lowest BCUT2D eigenvalue weighted by Gasteiger charge is -2.30. The Bertz CT molecular complexity index is 1230.